The molecular weight excluding hydrogens is 270 g/mol. The molecule has 1 aliphatic carbocycles. The first-order valence-electron chi connectivity index (χ1n) is 6.49. The molecular formula is C12H18ClN3OS. The van der Waals surface area contributed by atoms with Gasteiger partial charge in [0, 0.05) is 18.2 Å². The average molecular weight is 288 g/mol. The van der Waals surface area contributed by atoms with Crippen molar-refractivity contribution in [3.05, 3.63) is 5.01 Å². The molecule has 1 aromatic heterocycles. The Labute approximate surface area is 116 Å². The van der Waals surface area contributed by atoms with Crippen LogP contribution in [0.4, 0.5) is 5.13 Å². The maximum Gasteiger partial charge on any atom is 0.226 e. The molecule has 1 aromatic rings. The second kappa shape index (κ2) is 7.04. The zero-order valence-electron chi connectivity index (χ0n) is 10.3. The third-order valence-corrected chi connectivity index (χ3v) is 4.45. The van der Waals surface area contributed by atoms with E-state index in [9.17, 15) is 4.79 Å². The van der Waals surface area contributed by atoms with E-state index in [4.69, 9.17) is 11.6 Å². The topological polar surface area (TPSA) is 54.9 Å². The van der Waals surface area contributed by atoms with Gasteiger partial charge in [0.25, 0.3) is 0 Å². The van der Waals surface area contributed by atoms with Crippen molar-refractivity contribution in [2.75, 3.05) is 11.2 Å². The predicted octanol–water partition coefficient (Wildman–Crippen LogP) is 3.54. The molecule has 1 saturated carbocycles. The first-order chi connectivity index (χ1) is 8.79. The fraction of sp³-hybridized carbons (Fsp3) is 0.750. The van der Waals surface area contributed by atoms with Crippen molar-refractivity contribution in [2.45, 2.75) is 50.9 Å². The number of carbonyl (C=O) groups excluding carboxylic acids is 1. The molecule has 0 atom stereocenters. The molecule has 1 fully saturated rings. The quantitative estimate of drug-likeness (QED) is 0.843. The van der Waals surface area contributed by atoms with Gasteiger partial charge in [-0.1, -0.05) is 30.6 Å². The Hall–Kier alpha value is -0.680. The Morgan fingerprint density at radius 3 is 2.83 bits per heavy atom. The molecule has 100 valence electrons. The number of nitrogens with zero attached hydrogens (tertiary/aromatic N) is 2. The summed E-state index contributed by atoms with van der Waals surface area (Å²) in [6.07, 6.45) is 7.44. The molecule has 1 aliphatic rings. The number of halogens is 1. The van der Waals surface area contributed by atoms with Crippen molar-refractivity contribution < 1.29 is 4.79 Å². The van der Waals surface area contributed by atoms with Crippen molar-refractivity contribution in [1.29, 1.82) is 0 Å². The number of anilines is 1. The van der Waals surface area contributed by atoms with Gasteiger partial charge in [-0.2, -0.15) is 0 Å². The number of hydrogen-bond acceptors (Lipinski definition) is 4. The molecule has 1 heterocycles. The van der Waals surface area contributed by atoms with Gasteiger partial charge >= 0.3 is 0 Å². The van der Waals surface area contributed by atoms with Gasteiger partial charge in [0.15, 0.2) is 0 Å². The minimum Gasteiger partial charge on any atom is -0.301 e. The summed E-state index contributed by atoms with van der Waals surface area (Å²) in [5.74, 6) is 1.03. The molecule has 1 amide bonds. The Bertz CT molecular complexity index is 390. The van der Waals surface area contributed by atoms with Crippen LogP contribution in [0.2, 0.25) is 0 Å². The second-order valence-electron chi connectivity index (χ2n) is 4.62. The zero-order chi connectivity index (χ0) is 12.8. The predicted molar refractivity (Wildman–Crippen MR) is 74.3 cm³/mol. The molecule has 0 bridgehead atoms. The molecule has 1 N–H and O–H groups in total. The van der Waals surface area contributed by atoms with Crippen molar-refractivity contribution >= 4 is 34.0 Å². The Balaban J connectivity index is 1.87. The molecule has 0 spiro atoms. The van der Waals surface area contributed by atoms with Crippen LogP contribution in [0, 0.1) is 0 Å². The van der Waals surface area contributed by atoms with Crippen LogP contribution in [0.5, 0.6) is 0 Å². The summed E-state index contributed by atoms with van der Waals surface area (Å²) in [6.45, 7) is 0. The van der Waals surface area contributed by atoms with Gasteiger partial charge in [0.2, 0.25) is 11.0 Å². The van der Waals surface area contributed by atoms with E-state index in [-0.39, 0.29) is 5.91 Å². The van der Waals surface area contributed by atoms with Gasteiger partial charge in [-0.05, 0) is 19.3 Å². The lowest BCUT2D eigenvalue weighted by molar-refractivity contribution is -0.116. The third kappa shape index (κ3) is 3.92. The van der Waals surface area contributed by atoms with Gasteiger partial charge < -0.3 is 5.32 Å². The van der Waals surface area contributed by atoms with Gasteiger partial charge in [0.05, 0.1) is 0 Å². The lowest BCUT2D eigenvalue weighted by Gasteiger charge is -2.18. The summed E-state index contributed by atoms with van der Waals surface area (Å²) < 4.78 is 0. The number of carbonyl (C=O) groups is 1. The monoisotopic (exact) mass is 287 g/mol. The SMILES string of the molecule is O=C(CCCCl)Nc1nnc(C2CCCCC2)s1. The van der Waals surface area contributed by atoms with Crippen molar-refractivity contribution in [3.63, 3.8) is 0 Å². The van der Waals surface area contributed by atoms with E-state index in [0.717, 1.165) is 5.01 Å². The maximum absolute atomic E-state index is 11.5. The molecule has 2 rings (SSSR count). The maximum atomic E-state index is 11.5. The lowest BCUT2D eigenvalue weighted by Crippen LogP contribution is -2.10. The van der Waals surface area contributed by atoms with Crippen molar-refractivity contribution in [3.8, 4) is 0 Å². The van der Waals surface area contributed by atoms with E-state index in [1.165, 1.54) is 43.4 Å². The summed E-state index contributed by atoms with van der Waals surface area (Å²) in [7, 11) is 0. The summed E-state index contributed by atoms with van der Waals surface area (Å²) in [4.78, 5) is 11.5. The minimum absolute atomic E-state index is 0.0259. The lowest BCUT2D eigenvalue weighted by atomic mass is 9.90. The summed E-state index contributed by atoms with van der Waals surface area (Å²) in [5.41, 5.74) is 0. The van der Waals surface area contributed by atoms with E-state index in [1.54, 1.807) is 0 Å². The van der Waals surface area contributed by atoms with E-state index in [0.29, 0.717) is 29.8 Å². The molecule has 0 aromatic carbocycles. The minimum atomic E-state index is -0.0259. The first kappa shape index (κ1) is 13.7. The Morgan fingerprint density at radius 2 is 2.11 bits per heavy atom. The number of alkyl halides is 1. The fourth-order valence-electron chi connectivity index (χ4n) is 2.21. The number of amides is 1. The van der Waals surface area contributed by atoms with Crippen LogP contribution < -0.4 is 5.32 Å². The highest BCUT2D eigenvalue weighted by Gasteiger charge is 2.20. The second-order valence-corrected chi connectivity index (χ2v) is 6.01. The van der Waals surface area contributed by atoms with Crippen molar-refractivity contribution in [1.82, 2.24) is 10.2 Å². The van der Waals surface area contributed by atoms with Crippen LogP contribution >= 0.6 is 22.9 Å². The van der Waals surface area contributed by atoms with Crippen molar-refractivity contribution in [2.24, 2.45) is 0 Å². The number of aromatic nitrogens is 2. The first-order valence-corrected chi connectivity index (χ1v) is 7.84. The molecule has 4 nitrogen and oxygen atoms in total. The van der Waals surface area contributed by atoms with E-state index >= 15 is 0 Å². The van der Waals surface area contributed by atoms with Crippen LogP contribution in [-0.4, -0.2) is 22.0 Å². The highest BCUT2D eigenvalue weighted by molar-refractivity contribution is 7.15. The van der Waals surface area contributed by atoms with Crippen LogP contribution in [0.1, 0.15) is 55.9 Å². The largest absolute Gasteiger partial charge is 0.301 e. The van der Waals surface area contributed by atoms with Crippen LogP contribution in [0.3, 0.4) is 0 Å². The molecule has 6 heteroatoms. The van der Waals surface area contributed by atoms with Crippen LogP contribution in [0.25, 0.3) is 0 Å². The smallest absolute Gasteiger partial charge is 0.226 e. The van der Waals surface area contributed by atoms with E-state index < -0.39 is 0 Å². The van der Waals surface area contributed by atoms with Gasteiger partial charge in [-0.3, -0.25) is 4.79 Å². The highest BCUT2D eigenvalue weighted by Crippen LogP contribution is 2.35. The summed E-state index contributed by atoms with van der Waals surface area (Å²) in [6, 6.07) is 0. The molecule has 0 saturated heterocycles. The molecule has 0 unspecified atom stereocenters. The Morgan fingerprint density at radius 1 is 1.33 bits per heavy atom. The number of nitrogens with one attached hydrogen (secondary N) is 1. The normalized spacial score (nSPS) is 16.7. The number of rotatable bonds is 5. The van der Waals surface area contributed by atoms with Gasteiger partial charge in [-0.25, -0.2) is 0 Å². The summed E-state index contributed by atoms with van der Waals surface area (Å²) >= 11 is 7.06. The summed E-state index contributed by atoms with van der Waals surface area (Å²) in [5, 5.41) is 12.7. The third-order valence-electron chi connectivity index (χ3n) is 3.18. The highest BCUT2D eigenvalue weighted by atomic mass is 35.5. The molecule has 18 heavy (non-hydrogen) atoms. The molecule has 0 aliphatic heterocycles. The molecule has 0 radical (unpaired) electrons. The van der Waals surface area contributed by atoms with Crippen LogP contribution in [-0.2, 0) is 4.79 Å². The van der Waals surface area contributed by atoms with Gasteiger partial charge in [0.1, 0.15) is 5.01 Å². The van der Waals surface area contributed by atoms with Gasteiger partial charge in [-0.15, -0.1) is 21.8 Å². The van der Waals surface area contributed by atoms with E-state index in [2.05, 4.69) is 15.5 Å². The van der Waals surface area contributed by atoms with Crippen LogP contribution in [0.15, 0.2) is 0 Å². The average Bonchev–Trinajstić information content (AvgIpc) is 2.86. The van der Waals surface area contributed by atoms with E-state index in [1.807, 2.05) is 0 Å². The zero-order valence-corrected chi connectivity index (χ0v) is 11.9. The fourth-order valence-corrected chi connectivity index (χ4v) is 3.27. The number of hydrogen-bond donors (Lipinski definition) is 1. The standard InChI is InChI=1S/C12H18ClN3OS/c13-8-4-7-10(17)14-12-16-15-11(18-12)9-5-2-1-3-6-9/h9H,1-8H2,(H,14,16,17). The Kier molecular flexibility index (Phi) is 5.38.